The van der Waals surface area contributed by atoms with Crippen LogP contribution in [0.3, 0.4) is 0 Å². The molecule has 0 radical (unpaired) electrons. The first-order valence-corrected chi connectivity index (χ1v) is 3.91. The standard InChI is InChI=1S/C9H10N2O3/c1-11(13)6-7-3-8(5-10-4-7)9(12)14-2/h3-6H,1-2H3/b11-6+. The van der Waals surface area contributed by atoms with Crippen molar-refractivity contribution in [2.24, 2.45) is 0 Å². The second-order valence-corrected chi connectivity index (χ2v) is 2.67. The Bertz CT molecular complexity index is 370. The molecule has 14 heavy (non-hydrogen) atoms. The van der Waals surface area contributed by atoms with Crippen molar-refractivity contribution in [2.45, 2.75) is 0 Å². The number of esters is 1. The van der Waals surface area contributed by atoms with Crippen LogP contribution in [-0.4, -0.2) is 36.1 Å². The van der Waals surface area contributed by atoms with E-state index in [-0.39, 0.29) is 0 Å². The van der Waals surface area contributed by atoms with Crippen LogP contribution in [0.25, 0.3) is 0 Å². The fourth-order valence-electron chi connectivity index (χ4n) is 0.968. The summed E-state index contributed by atoms with van der Waals surface area (Å²) in [5.74, 6) is -0.471. The predicted molar refractivity (Wildman–Crippen MR) is 50.3 cm³/mol. The third kappa shape index (κ3) is 2.55. The molecule has 1 heterocycles. The lowest BCUT2D eigenvalue weighted by Gasteiger charge is -1.99. The van der Waals surface area contributed by atoms with E-state index in [2.05, 4.69) is 9.72 Å². The number of carbonyl (C=O) groups excluding carboxylic acids is 1. The number of rotatable bonds is 2. The van der Waals surface area contributed by atoms with Gasteiger partial charge in [0.25, 0.3) is 0 Å². The van der Waals surface area contributed by atoms with Crippen molar-refractivity contribution in [1.82, 2.24) is 4.98 Å². The number of ether oxygens (including phenoxy) is 1. The average molecular weight is 194 g/mol. The van der Waals surface area contributed by atoms with Gasteiger partial charge in [0.05, 0.1) is 18.2 Å². The summed E-state index contributed by atoms with van der Waals surface area (Å²) in [6.45, 7) is 0. The van der Waals surface area contributed by atoms with Gasteiger partial charge >= 0.3 is 5.97 Å². The fraction of sp³-hybridized carbons (Fsp3) is 0.222. The maximum absolute atomic E-state index is 11.1. The molecule has 1 rings (SSSR count). The van der Waals surface area contributed by atoms with Gasteiger partial charge in [0.1, 0.15) is 7.05 Å². The first kappa shape index (κ1) is 10.2. The SMILES string of the molecule is COC(=O)c1cncc(/C=[N+](\C)[O-])c1. The van der Waals surface area contributed by atoms with Crippen LogP contribution >= 0.6 is 0 Å². The molecule has 0 aromatic carbocycles. The maximum atomic E-state index is 11.1. The molecule has 1 aromatic rings. The molecule has 0 amide bonds. The van der Waals surface area contributed by atoms with E-state index in [1.807, 2.05) is 0 Å². The van der Waals surface area contributed by atoms with Crippen molar-refractivity contribution >= 4 is 12.2 Å². The topological polar surface area (TPSA) is 65.3 Å². The summed E-state index contributed by atoms with van der Waals surface area (Å²) in [4.78, 5) is 14.9. The number of hydrogen-bond acceptors (Lipinski definition) is 4. The fourth-order valence-corrected chi connectivity index (χ4v) is 0.968. The minimum atomic E-state index is -0.471. The highest BCUT2D eigenvalue weighted by atomic mass is 16.5. The van der Waals surface area contributed by atoms with Gasteiger partial charge in [0, 0.05) is 12.4 Å². The number of aromatic nitrogens is 1. The molecule has 1 aromatic heterocycles. The van der Waals surface area contributed by atoms with Gasteiger partial charge < -0.3 is 9.94 Å². The minimum Gasteiger partial charge on any atom is -0.624 e. The zero-order valence-electron chi connectivity index (χ0n) is 7.93. The predicted octanol–water partition coefficient (Wildman–Crippen LogP) is 0.427. The molecular formula is C9H10N2O3. The number of methoxy groups -OCH3 is 1. The number of carbonyl (C=O) groups is 1. The summed E-state index contributed by atoms with van der Waals surface area (Å²) in [5, 5.41) is 10.7. The van der Waals surface area contributed by atoms with Crippen LogP contribution in [0.15, 0.2) is 18.5 Å². The molecular weight excluding hydrogens is 184 g/mol. The molecule has 0 saturated heterocycles. The van der Waals surface area contributed by atoms with Crippen LogP contribution in [0.1, 0.15) is 15.9 Å². The van der Waals surface area contributed by atoms with Gasteiger partial charge in [0.2, 0.25) is 0 Å². The van der Waals surface area contributed by atoms with E-state index in [4.69, 9.17) is 0 Å². The number of pyridine rings is 1. The van der Waals surface area contributed by atoms with E-state index in [1.54, 1.807) is 0 Å². The van der Waals surface area contributed by atoms with Crippen LogP contribution in [0.2, 0.25) is 0 Å². The number of hydrogen-bond donors (Lipinski definition) is 0. The first-order valence-electron chi connectivity index (χ1n) is 3.91. The zero-order chi connectivity index (χ0) is 10.6. The summed E-state index contributed by atoms with van der Waals surface area (Å²) < 4.78 is 5.15. The Kier molecular flexibility index (Phi) is 3.17. The second kappa shape index (κ2) is 4.36. The Morgan fingerprint density at radius 2 is 2.36 bits per heavy atom. The van der Waals surface area contributed by atoms with Crippen LogP contribution in [-0.2, 0) is 4.74 Å². The molecule has 0 spiro atoms. The summed E-state index contributed by atoms with van der Waals surface area (Å²) in [6, 6.07) is 1.53. The highest BCUT2D eigenvalue weighted by Crippen LogP contribution is 2.01. The molecule has 0 fully saturated rings. The normalized spacial score (nSPS) is 11.1. The maximum Gasteiger partial charge on any atom is 0.339 e. The van der Waals surface area contributed by atoms with Crippen LogP contribution in [0, 0.1) is 5.21 Å². The van der Waals surface area contributed by atoms with E-state index in [9.17, 15) is 10.0 Å². The van der Waals surface area contributed by atoms with Crippen molar-refractivity contribution in [3.05, 3.63) is 34.8 Å². The minimum absolute atomic E-state index is 0.322. The van der Waals surface area contributed by atoms with Gasteiger partial charge in [-0.05, 0) is 6.07 Å². The third-order valence-electron chi connectivity index (χ3n) is 1.51. The van der Waals surface area contributed by atoms with Gasteiger partial charge in [-0.3, -0.25) is 4.98 Å². The van der Waals surface area contributed by atoms with Crippen LogP contribution in [0.4, 0.5) is 0 Å². The van der Waals surface area contributed by atoms with Crippen LogP contribution < -0.4 is 0 Å². The molecule has 0 aliphatic carbocycles. The summed E-state index contributed by atoms with van der Waals surface area (Å²) in [6.07, 6.45) is 4.19. The van der Waals surface area contributed by atoms with E-state index in [0.29, 0.717) is 15.9 Å². The molecule has 0 aliphatic rings. The average Bonchev–Trinajstić information content (AvgIpc) is 2.16. The second-order valence-electron chi connectivity index (χ2n) is 2.67. The largest absolute Gasteiger partial charge is 0.624 e. The van der Waals surface area contributed by atoms with Crippen molar-refractivity contribution in [1.29, 1.82) is 0 Å². The number of hydroxylamine groups is 1. The van der Waals surface area contributed by atoms with Crippen molar-refractivity contribution in [3.63, 3.8) is 0 Å². The summed E-state index contributed by atoms with van der Waals surface area (Å²) in [7, 11) is 2.64. The zero-order valence-corrected chi connectivity index (χ0v) is 7.93. The smallest absolute Gasteiger partial charge is 0.339 e. The molecule has 0 N–H and O–H groups in total. The monoisotopic (exact) mass is 194 g/mol. The van der Waals surface area contributed by atoms with Crippen molar-refractivity contribution < 1.29 is 14.3 Å². The lowest BCUT2D eigenvalue weighted by molar-refractivity contribution is -0.416. The number of nitrogens with zero attached hydrogens (tertiary/aromatic N) is 2. The van der Waals surface area contributed by atoms with Crippen molar-refractivity contribution in [3.8, 4) is 0 Å². The Morgan fingerprint density at radius 3 is 2.93 bits per heavy atom. The highest BCUT2D eigenvalue weighted by molar-refractivity contribution is 5.91. The van der Waals surface area contributed by atoms with E-state index in [0.717, 1.165) is 0 Å². The van der Waals surface area contributed by atoms with Gasteiger partial charge in [-0.25, -0.2) is 9.53 Å². The van der Waals surface area contributed by atoms with Crippen molar-refractivity contribution in [2.75, 3.05) is 14.2 Å². The van der Waals surface area contributed by atoms with Crippen LogP contribution in [0.5, 0.6) is 0 Å². The summed E-state index contributed by atoms with van der Waals surface area (Å²) >= 11 is 0. The quantitative estimate of drug-likeness (QED) is 0.225. The van der Waals surface area contributed by atoms with Gasteiger partial charge in [-0.15, -0.1) is 0 Å². The highest BCUT2D eigenvalue weighted by Gasteiger charge is 2.06. The Balaban J connectivity index is 3.01. The first-order chi connectivity index (χ1) is 6.63. The van der Waals surface area contributed by atoms with E-state index >= 15 is 0 Å². The Labute approximate surface area is 81.2 Å². The van der Waals surface area contributed by atoms with Gasteiger partial charge in [-0.1, -0.05) is 0 Å². The summed E-state index contributed by atoms with van der Waals surface area (Å²) in [5.41, 5.74) is 0.883. The lowest BCUT2D eigenvalue weighted by atomic mass is 10.2. The Hall–Kier alpha value is -1.91. The van der Waals surface area contributed by atoms with Gasteiger partial charge in [0.15, 0.2) is 6.21 Å². The molecule has 0 aliphatic heterocycles. The molecule has 0 unspecified atom stereocenters. The molecule has 0 bridgehead atoms. The molecule has 74 valence electrons. The molecule has 0 saturated carbocycles. The lowest BCUT2D eigenvalue weighted by Crippen LogP contribution is -2.04. The Morgan fingerprint density at radius 1 is 1.64 bits per heavy atom. The van der Waals surface area contributed by atoms with E-state index < -0.39 is 5.97 Å². The molecule has 0 atom stereocenters. The third-order valence-corrected chi connectivity index (χ3v) is 1.51. The molecule has 5 heteroatoms. The van der Waals surface area contributed by atoms with E-state index in [1.165, 1.54) is 38.8 Å². The van der Waals surface area contributed by atoms with Gasteiger partial charge in [-0.2, -0.15) is 0 Å². The molecule has 5 nitrogen and oxygen atoms in total.